The van der Waals surface area contributed by atoms with Crippen molar-refractivity contribution in [3.63, 3.8) is 0 Å². The highest BCUT2D eigenvalue weighted by atomic mass is 16.6. The minimum absolute atomic E-state index is 0.0218. The van der Waals surface area contributed by atoms with E-state index in [1.165, 1.54) is 0 Å². The van der Waals surface area contributed by atoms with E-state index in [-0.39, 0.29) is 24.4 Å². The molecule has 10 nitrogen and oxygen atoms in total. The Bertz CT molecular complexity index is 899. The molecule has 0 aromatic heterocycles. The zero-order valence-corrected chi connectivity index (χ0v) is 20.0. The Hall–Kier alpha value is -3.17. The molecule has 1 aromatic rings. The van der Waals surface area contributed by atoms with Crippen LogP contribution in [0.1, 0.15) is 33.3 Å². The lowest BCUT2D eigenvalue weighted by Gasteiger charge is -2.47. The van der Waals surface area contributed by atoms with Gasteiger partial charge in [-0.3, -0.25) is 4.79 Å². The summed E-state index contributed by atoms with van der Waals surface area (Å²) in [7, 11) is 3.15. The van der Waals surface area contributed by atoms with E-state index in [0.717, 1.165) is 5.56 Å². The van der Waals surface area contributed by atoms with Crippen molar-refractivity contribution in [2.45, 2.75) is 52.0 Å². The van der Waals surface area contributed by atoms with Crippen LogP contribution >= 0.6 is 0 Å². The number of nitrogens with one attached hydrogen (secondary N) is 1. The lowest BCUT2D eigenvalue weighted by molar-refractivity contribution is -0.156. The average Bonchev–Trinajstić information content (AvgIpc) is 3.12. The van der Waals surface area contributed by atoms with E-state index >= 15 is 0 Å². The highest BCUT2D eigenvalue weighted by Crippen LogP contribution is 2.33. The number of hydrogen-bond donors (Lipinski definition) is 1. The van der Waals surface area contributed by atoms with Crippen LogP contribution in [-0.4, -0.2) is 79.5 Å². The maximum atomic E-state index is 12.6. The summed E-state index contributed by atoms with van der Waals surface area (Å²) in [5, 5.41) is 2.63. The van der Waals surface area contributed by atoms with E-state index in [1.54, 1.807) is 50.9 Å². The molecule has 3 atom stereocenters. The van der Waals surface area contributed by atoms with Crippen molar-refractivity contribution in [1.82, 2.24) is 15.1 Å². The topological polar surface area (TPSA) is 107 Å². The van der Waals surface area contributed by atoms with Crippen LogP contribution in [0.4, 0.5) is 9.59 Å². The minimum atomic E-state index is -0.606. The molecule has 2 saturated heterocycles. The van der Waals surface area contributed by atoms with E-state index < -0.39 is 23.9 Å². The van der Waals surface area contributed by atoms with Gasteiger partial charge >= 0.3 is 12.2 Å². The minimum Gasteiger partial charge on any atom is -0.497 e. The maximum absolute atomic E-state index is 12.6. The molecule has 2 aliphatic heterocycles. The van der Waals surface area contributed by atoms with Crippen LogP contribution in [0.25, 0.3) is 0 Å². The summed E-state index contributed by atoms with van der Waals surface area (Å²) in [6, 6.07) is 5.32. The summed E-state index contributed by atoms with van der Waals surface area (Å²) in [5.41, 5.74) is 0.248. The Morgan fingerprint density at radius 3 is 2.58 bits per heavy atom. The van der Waals surface area contributed by atoms with Gasteiger partial charge in [-0.25, -0.2) is 9.59 Å². The fourth-order valence-corrected chi connectivity index (χ4v) is 3.96. The van der Waals surface area contributed by atoms with Gasteiger partial charge in [0.25, 0.3) is 0 Å². The van der Waals surface area contributed by atoms with Crippen molar-refractivity contribution < 1.29 is 33.3 Å². The number of cyclic esters (lactones) is 1. The quantitative estimate of drug-likeness (QED) is 0.590. The summed E-state index contributed by atoms with van der Waals surface area (Å²) in [6.45, 7) is 8.39. The Morgan fingerprint density at radius 2 is 1.94 bits per heavy atom. The molecule has 0 radical (unpaired) electrons. The zero-order valence-electron chi connectivity index (χ0n) is 20.0. The van der Waals surface area contributed by atoms with Crippen LogP contribution in [0.15, 0.2) is 18.2 Å². The predicted octanol–water partition coefficient (Wildman–Crippen LogP) is 2.40. The monoisotopic (exact) mass is 463 g/mol. The number of alkyl carbamates (subject to hydrolysis) is 1. The zero-order chi connectivity index (χ0) is 24.3. The van der Waals surface area contributed by atoms with Crippen molar-refractivity contribution in [3.05, 3.63) is 23.8 Å². The van der Waals surface area contributed by atoms with Gasteiger partial charge in [-0.2, -0.15) is 0 Å². The molecule has 0 spiro atoms. The maximum Gasteiger partial charge on any atom is 0.410 e. The SMILES string of the molecule is COc1ccc(CN2C(=O)[C@@H](C)[C@H]2CN2C[C@@H](CNC(=O)OC(C)(C)C)OC2=O)c(OC)c1. The van der Waals surface area contributed by atoms with Gasteiger partial charge in [0.2, 0.25) is 5.91 Å². The van der Waals surface area contributed by atoms with Crippen molar-refractivity contribution >= 4 is 18.1 Å². The summed E-state index contributed by atoms with van der Waals surface area (Å²) < 4.78 is 21.3. The molecular weight excluding hydrogens is 430 g/mol. The van der Waals surface area contributed by atoms with Gasteiger partial charge in [-0.15, -0.1) is 0 Å². The number of methoxy groups -OCH3 is 2. The number of hydrogen-bond acceptors (Lipinski definition) is 7. The van der Waals surface area contributed by atoms with E-state index in [9.17, 15) is 14.4 Å². The predicted molar refractivity (Wildman–Crippen MR) is 119 cm³/mol. The average molecular weight is 464 g/mol. The second-order valence-corrected chi connectivity index (χ2v) is 9.29. The number of ether oxygens (including phenoxy) is 4. The Balaban J connectivity index is 1.58. The first-order chi connectivity index (χ1) is 15.5. The molecule has 0 aliphatic carbocycles. The molecule has 3 rings (SSSR count). The van der Waals surface area contributed by atoms with Gasteiger partial charge in [0, 0.05) is 24.7 Å². The first kappa shape index (κ1) is 24.5. The van der Waals surface area contributed by atoms with Crippen LogP contribution < -0.4 is 14.8 Å². The van der Waals surface area contributed by atoms with E-state index in [2.05, 4.69) is 5.32 Å². The molecule has 1 N–H and O–H groups in total. The molecule has 0 unspecified atom stereocenters. The second kappa shape index (κ2) is 9.76. The Kier molecular flexibility index (Phi) is 7.24. The second-order valence-electron chi connectivity index (χ2n) is 9.29. The van der Waals surface area contributed by atoms with Crippen LogP contribution in [0.3, 0.4) is 0 Å². The summed E-state index contributed by atoms with van der Waals surface area (Å²) in [5.74, 6) is 1.12. The lowest BCUT2D eigenvalue weighted by atomic mass is 9.88. The van der Waals surface area contributed by atoms with Gasteiger partial charge < -0.3 is 34.1 Å². The van der Waals surface area contributed by atoms with Gasteiger partial charge in [0.05, 0.1) is 39.3 Å². The van der Waals surface area contributed by atoms with Gasteiger partial charge in [-0.1, -0.05) is 6.92 Å². The molecular formula is C23H33N3O7. The number of β-lactam (4-membered cyclic amide) rings is 1. The van der Waals surface area contributed by atoms with E-state index in [1.807, 2.05) is 19.1 Å². The first-order valence-corrected chi connectivity index (χ1v) is 11.0. The van der Waals surface area contributed by atoms with E-state index in [4.69, 9.17) is 18.9 Å². The van der Waals surface area contributed by atoms with Crippen molar-refractivity contribution in [2.24, 2.45) is 5.92 Å². The third kappa shape index (κ3) is 5.80. The van der Waals surface area contributed by atoms with Crippen LogP contribution in [0, 0.1) is 5.92 Å². The standard InChI is InChI=1S/C23H33N3O7/c1-14-18(26(20(14)27)11-15-7-8-16(30-5)9-19(15)31-6)13-25-12-17(32-22(25)29)10-24-21(28)33-23(2,3)4/h7-9,14,17-18H,10-13H2,1-6H3,(H,24,28)/t14-,17+,18+/m0/s1. The molecule has 1 aromatic carbocycles. The van der Waals surface area contributed by atoms with Gasteiger partial charge in [0.1, 0.15) is 23.2 Å². The summed E-state index contributed by atoms with van der Waals surface area (Å²) in [6.07, 6.45) is -1.50. The number of nitrogens with zero attached hydrogens (tertiary/aromatic N) is 2. The molecule has 2 heterocycles. The molecule has 33 heavy (non-hydrogen) atoms. The van der Waals surface area contributed by atoms with Crippen LogP contribution in [0.5, 0.6) is 11.5 Å². The third-order valence-corrected chi connectivity index (χ3v) is 5.72. The number of carbonyl (C=O) groups is 3. The Labute approximate surface area is 194 Å². The molecule has 182 valence electrons. The smallest absolute Gasteiger partial charge is 0.410 e. The molecule has 0 saturated carbocycles. The summed E-state index contributed by atoms with van der Waals surface area (Å²) >= 11 is 0. The molecule has 0 bridgehead atoms. The van der Waals surface area contributed by atoms with Gasteiger partial charge in [-0.05, 0) is 32.9 Å². The highest BCUT2D eigenvalue weighted by molar-refractivity contribution is 5.86. The molecule has 3 amide bonds. The molecule has 2 aliphatic rings. The fourth-order valence-electron chi connectivity index (χ4n) is 3.96. The van der Waals surface area contributed by atoms with Crippen molar-refractivity contribution in [1.29, 1.82) is 0 Å². The van der Waals surface area contributed by atoms with Crippen molar-refractivity contribution in [2.75, 3.05) is 33.9 Å². The fraction of sp³-hybridized carbons (Fsp3) is 0.609. The first-order valence-electron chi connectivity index (χ1n) is 11.0. The summed E-state index contributed by atoms with van der Waals surface area (Å²) in [4.78, 5) is 40.1. The van der Waals surface area contributed by atoms with Crippen LogP contribution in [-0.2, 0) is 20.8 Å². The van der Waals surface area contributed by atoms with Gasteiger partial charge in [0.15, 0.2) is 0 Å². The number of likely N-dealkylation sites (tertiary alicyclic amines) is 1. The molecule has 10 heteroatoms. The third-order valence-electron chi connectivity index (χ3n) is 5.72. The number of carbonyl (C=O) groups excluding carboxylic acids is 3. The van der Waals surface area contributed by atoms with E-state index in [0.29, 0.717) is 31.1 Å². The number of amides is 3. The lowest BCUT2D eigenvalue weighted by Crippen LogP contribution is -2.63. The van der Waals surface area contributed by atoms with Crippen LogP contribution in [0.2, 0.25) is 0 Å². The molecule has 2 fully saturated rings. The largest absolute Gasteiger partial charge is 0.497 e. The number of benzene rings is 1. The highest BCUT2D eigenvalue weighted by Gasteiger charge is 2.47. The normalized spacial score (nSPS) is 22.5. The van der Waals surface area contributed by atoms with Crippen molar-refractivity contribution in [3.8, 4) is 11.5 Å². The Morgan fingerprint density at radius 1 is 1.21 bits per heavy atom. The number of rotatable bonds is 8.